The van der Waals surface area contributed by atoms with Crippen molar-refractivity contribution >= 4 is 34.2 Å². The minimum Gasteiger partial charge on any atom is -0.497 e. The summed E-state index contributed by atoms with van der Waals surface area (Å²) in [7, 11) is 3.09. The molecule has 4 N–H and O–H groups in total. The number of carbonyl (C=O) groups is 1. The van der Waals surface area contributed by atoms with Crippen LogP contribution in [0, 0.1) is 17.7 Å². The number of ether oxygens (including phenoxy) is 2. The van der Waals surface area contributed by atoms with Gasteiger partial charge >= 0.3 is 0 Å². The molecule has 9 heteroatoms. The summed E-state index contributed by atoms with van der Waals surface area (Å²) in [5.74, 6) is 1.09. The number of anilines is 1. The van der Waals surface area contributed by atoms with Crippen LogP contribution in [0.25, 0.3) is 10.9 Å². The highest BCUT2D eigenvalue weighted by Gasteiger charge is 2.22. The number of carbonyl (C=O) groups excluding carboxylic acids is 1. The number of nitrogens with one attached hydrogen (secondary N) is 4. The van der Waals surface area contributed by atoms with Crippen molar-refractivity contribution < 1.29 is 14.3 Å². The van der Waals surface area contributed by atoms with Gasteiger partial charge in [-0.05, 0) is 54.8 Å². The van der Waals surface area contributed by atoms with E-state index in [9.17, 15) is 4.79 Å². The molecule has 9 nitrogen and oxygen atoms in total. The monoisotopic (exact) mass is 590 g/mol. The second-order valence-electron chi connectivity index (χ2n) is 10.0. The van der Waals surface area contributed by atoms with E-state index in [1.807, 2.05) is 48.7 Å². The molecule has 0 aliphatic heterocycles. The lowest BCUT2D eigenvalue weighted by atomic mass is 10.1. The topological polar surface area (TPSA) is 127 Å². The predicted octanol–water partition coefficient (Wildman–Crippen LogP) is 6.33. The number of amides is 1. The highest BCUT2D eigenvalue weighted by molar-refractivity contribution is 6.18. The van der Waals surface area contributed by atoms with Gasteiger partial charge in [0.1, 0.15) is 23.2 Å². The molecule has 0 fully saturated rings. The molecule has 5 rings (SSSR count). The molecule has 3 aromatic carbocycles. The van der Waals surface area contributed by atoms with E-state index in [1.54, 1.807) is 43.6 Å². The molecule has 0 unspecified atom stereocenters. The van der Waals surface area contributed by atoms with Crippen molar-refractivity contribution in [1.82, 2.24) is 15.3 Å². The first-order valence-corrected chi connectivity index (χ1v) is 14.3. The van der Waals surface area contributed by atoms with Crippen molar-refractivity contribution in [2.75, 3.05) is 25.7 Å². The number of nitrogens with zero attached hydrogens (tertiary/aromatic N) is 2. The van der Waals surface area contributed by atoms with Crippen LogP contribution in [0.5, 0.6) is 11.5 Å². The van der Waals surface area contributed by atoms with E-state index in [1.165, 1.54) is 28.5 Å². The number of para-hydroxylation sites is 1. The average Bonchev–Trinajstić information content (AvgIpc) is 3.44. The maximum Gasteiger partial charge on any atom is 0.226 e. The van der Waals surface area contributed by atoms with E-state index in [0.717, 1.165) is 5.56 Å². The van der Waals surface area contributed by atoms with Gasteiger partial charge in [-0.2, -0.15) is 0 Å². The van der Waals surface area contributed by atoms with Crippen LogP contribution >= 0.6 is 0 Å². The number of hydrogen-bond acceptors (Lipinski definition) is 6. The second kappa shape index (κ2) is 15.7. The van der Waals surface area contributed by atoms with E-state index in [2.05, 4.69) is 40.4 Å². The van der Waals surface area contributed by atoms with E-state index >= 15 is 0 Å². The number of aromatic amines is 1. The van der Waals surface area contributed by atoms with Crippen molar-refractivity contribution in [3.05, 3.63) is 120 Å². The van der Waals surface area contributed by atoms with Crippen LogP contribution in [0.1, 0.15) is 23.2 Å². The summed E-state index contributed by atoms with van der Waals surface area (Å²) in [6.07, 6.45) is 4.84. The van der Waals surface area contributed by atoms with Crippen LogP contribution in [-0.2, 0) is 17.6 Å². The number of benzene rings is 3. The lowest BCUT2D eigenvalue weighted by Crippen LogP contribution is -2.43. The molecule has 5 aromatic rings. The van der Waals surface area contributed by atoms with E-state index < -0.39 is 0 Å². The summed E-state index contributed by atoms with van der Waals surface area (Å²) in [4.78, 5) is 21.3. The second-order valence-corrected chi connectivity index (χ2v) is 10.0. The molecule has 0 saturated heterocycles. The lowest BCUT2D eigenvalue weighted by molar-refractivity contribution is -0.120. The number of methoxy groups -OCH3 is 2. The lowest BCUT2D eigenvalue weighted by Gasteiger charge is -2.28. The number of aryl methyl sites for hydroxylation is 2. The highest BCUT2D eigenvalue weighted by atomic mass is 16.5. The van der Waals surface area contributed by atoms with E-state index in [4.69, 9.17) is 20.3 Å². The molecule has 0 saturated carbocycles. The van der Waals surface area contributed by atoms with Crippen LogP contribution in [-0.4, -0.2) is 48.3 Å². The summed E-state index contributed by atoms with van der Waals surface area (Å²) in [5, 5.41) is 21.6. The molecule has 226 valence electrons. The first kappa shape index (κ1) is 31.5. The van der Waals surface area contributed by atoms with Crippen LogP contribution < -0.4 is 19.7 Å². The van der Waals surface area contributed by atoms with Crippen LogP contribution in [0.3, 0.4) is 0 Å². The summed E-state index contributed by atoms with van der Waals surface area (Å²) in [6.45, 7) is 2.06. The van der Waals surface area contributed by atoms with Crippen molar-refractivity contribution in [2.24, 2.45) is 0 Å². The molecular weight excluding hydrogens is 552 g/mol. The first-order valence-electron chi connectivity index (χ1n) is 14.3. The first-order chi connectivity index (χ1) is 21.4. The minimum absolute atomic E-state index is 0.0471. The molecule has 2 aromatic heterocycles. The zero-order chi connectivity index (χ0) is 31.3. The molecule has 0 spiro atoms. The number of aromatic nitrogens is 2. The minimum atomic E-state index is -0.249. The van der Waals surface area contributed by atoms with Crippen molar-refractivity contribution in [1.29, 1.82) is 10.8 Å². The number of fused-ring (bicyclic) bond motifs is 1. The van der Waals surface area contributed by atoms with Crippen LogP contribution in [0.2, 0.25) is 0 Å². The normalized spacial score (nSPS) is 10.3. The molecular formula is C35H38N6O3. The smallest absolute Gasteiger partial charge is 0.226 e. The number of rotatable bonds is 10. The van der Waals surface area contributed by atoms with Gasteiger partial charge in [0.05, 0.1) is 32.9 Å². The molecule has 44 heavy (non-hydrogen) atoms. The van der Waals surface area contributed by atoms with Gasteiger partial charge < -0.3 is 19.8 Å². The van der Waals surface area contributed by atoms with Gasteiger partial charge in [-0.15, -0.1) is 0 Å². The summed E-state index contributed by atoms with van der Waals surface area (Å²) >= 11 is 0. The molecule has 0 aliphatic carbocycles. The number of hydrogen-bond donors (Lipinski definition) is 4. The Labute approximate surface area is 257 Å². The Balaban J connectivity index is 0.000000369. The van der Waals surface area contributed by atoms with E-state index in [0.29, 0.717) is 35.7 Å². The summed E-state index contributed by atoms with van der Waals surface area (Å²) in [5.41, 5.74) is 4.82. The molecule has 0 atom stereocenters. The third-order valence-corrected chi connectivity index (χ3v) is 6.98. The third-order valence-electron chi connectivity index (χ3n) is 6.98. The fourth-order valence-corrected chi connectivity index (χ4v) is 4.65. The van der Waals surface area contributed by atoms with Crippen molar-refractivity contribution in [3.63, 3.8) is 0 Å². The van der Waals surface area contributed by atoms with Crippen molar-refractivity contribution in [3.8, 4) is 11.5 Å². The van der Waals surface area contributed by atoms with Gasteiger partial charge in [0, 0.05) is 41.5 Å². The quantitative estimate of drug-likeness (QED) is 0.112. The summed E-state index contributed by atoms with van der Waals surface area (Å²) < 4.78 is 10.8. The SMILES string of the molecule is COc1ccc(N(C(=N)CCc2ccccc2)C(=N)CNC(=O)Cc2ccccn2)c(OC)c1.Cc1c[nH]c2ccccc12. The Hall–Kier alpha value is -5.44. The highest BCUT2D eigenvalue weighted by Crippen LogP contribution is 2.33. The molecule has 0 radical (unpaired) electrons. The number of amidine groups is 2. The maximum atomic E-state index is 12.4. The Morgan fingerprint density at radius 1 is 0.909 bits per heavy atom. The standard InChI is InChI=1S/C26H29N5O3.C9H9N/c1-33-21-12-13-22(23(17-21)34-2)31(24(27)14-11-19-8-4-3-5-9-19)25(28)18-30-26(32)16-20-10-6-7-15-29-20;1-7-6-10-9-5-3-2-4-8(7)9/h3-10,12-13,15,17,27-28H,11,14,16,18H2,1-2H3,(H,30,32);2-6,10H,1H3. The molecule has 0 bridgehead atoms. The zero-order valence-corrected chi connectivity index (χ0v) is 25.3. The van der Waals surface area contributed by atoms with Crippen LogP contribution in [0.15, 0.2) is 103 Å². The number of pyridine rings is 1. The largest absolute Gasteiger partial charge is 0.497 e. The van der Waals surface area contributed by atoms with Crippen molar-refractivity contribution in [2.45, 2.75) is 26.2 Å². The van der Waals surface area contributed by atoms with Gasteiger partial charge in [-0.25, -0.2) is 0 Å². The van der Waals surface area contributed by atoms with E-state index in [-0.39, 0.29) is 30.5 Å². The molecule has 2 heterocycles. The number of H-pyrrole nitrogens is 1. The van der Waals surface area contributed by atoms with Gasteiger partial charge in [-0.1, -0.05) is 54.6 Å². The average molecular weight is 591 g/mol. The third kappa shape index (κ3) is 8.54. The fourth-order valence-electron chi connectivity index (χ4n) is 4.65. The zero-order valence-electron chi connectivity index (χ0n) is 25.3. The fraction of sp³-hybridized carbons (Fsp3) is 0.200. The Kier molecular flexibility index (Phi) is 11.2. The Bertz CT molecular complexity index is 1690. The molecule has 1 amide bonds. The van der Waals surface area contributed by atoms with Gasteiger partial charge in [0.25, 0.3) is 0 Å². The predicted molar refractivity (Wildman–Crippen MR) is 176 cm³/mol. The maximum absolute atomic E-state index is 12.4. The Morgan fingerprint density at radius 2 is 1.66 bits per heavy atom. The Morgan fingerprint density at radius 3 is 2.36 bits per heavy atom. The summed E-state index contributed by atoms with van der Waals surface area (Å²) in [6, 6.07) is 28.8. The van der Waals surface area contributed by atoms with Gasteiger partial charge in [0.2, 0.25) is 5.91 Å². The van der Waals surface area contributed by atoms with Gasteiger partial charge in [-0.3, -0.25) is 25.5 Å². The van der Waals surface area contributed by atoms with Crippen LogP contribution in [0.4, 0.5) is 5.69 Å². The molecule has 0 aliphatic rings. The van der Waals surface area contributed by atoms with Gasteiger partial charge in [0.15, 0.2) is 0 Å².